The van der Waals surface area contributed by atoms with Gasteiger partial charge < -0.3 is 5.73 Å². The van der Waals surface area contributed by atoms with Crippen molar-refractivity contribution in [3.05, 3.63) is 71.5 Å². The summed E-state index contributed by atoms with van der Waals surface area (Å²) in [4.78, 5) is 16.4. The molecule has 0 saturated heterocycles. The molecule has 0 aliphatic heterocycles. The maximum absolute atomic E-state index is 12.9. The molecule has 0 fully saturated rings. The lowest BCUT2D eigenvalue weighted by Crippen LogP contribution is -2.13. The number of thioether (sulfide) groups is 1. The number of anilines is 1. The predicted molar refractivity (Wildman–Crippen MR) is 91.2 cm³/mol. The van der Waals surface area contributed by atoms with Crippen molar-refractivity contribution in [1.82, 2.24) is 14.8 Å². The number of nitrogen functional groups attached to an aromatic ring is 1. The number of hydrogen-bond donors (Lipinski definition) is 1. The number of halogens is 1. The van der Waals surface area contributed by atoms with Crippen LogP contribution in [0.25, 0.3) is 0 Å². The van der Waals surface area contributed by atoms with Gasteiger partial charge in [0, 0.05) is 11.3 Å². The van der Waals surface area contributed by atoms with Gasteiger partial charge in [-0.15, -0.1) is 5.10 Å². The van der Waals surface area contributed by atoms with E-state index in [2.05, 4.69) is 10.1 Å². The number of nitrogens with zero attached hydrogens (tertiary/aromatic N) is 3. The third-order valence-electron chi connectivity index (χ3n) is 3.35. The Labute approximate surface area is 142 Å². The van der Waals surface area contributed by atoms with Crippen molar-refractivity contribution < 1.29 is 9.18 Å². The molecule has 0 aliphatic carbocycles. The summed E-state index contributed by atoms with van der Waals surface area (Å²) in [7, 11) is 0. The van der Waals surface area contributed by atoms with E-state index < -0.39 is 0 Å². The molecule has 7 heteroatoms. The fraction of sp³-hybridized carbons (Fsp3) is 0.118. The molecule has 0 unspecified atom stereocenters. The number of Topliss-reactive ketones (excluding diaryl/α,β-unsaturated/α-hetero) is 1. The Morgan fingerprint density at radius 2 is 1.83 bits per heavy atom. The smallest absolute Gasteiger partial charge is 0.219 e. The Balaban J connectivity index is 1.64. The van der Waals surface area contributed by atoms with Crippen molar-refractivity contribution >= 4 is 23.5 Å². The molecule has 3 aromatic rings. The molecular formula is C17H15FN4OS. The van der Waals surface area contributed by atoms with Crippen LogP contribution in [0.15, 0.2) is 59.8 Å². The van der Waals surface area contributed by atoms with E-state index in [-0.39, 0.29) is 24.1 Å². The maximum Gasteiger partial charge on any atom is 0.219 e. The van der Waals surface area contributed by atoms with Crippen LogP contribution in [-0.4, -0.2) is 20.5 Å². The number of aromatic nitrogens is 3. The minimum atomic E-state index is -0.269. The van der Waals surface area contributed by atoms with Gasteiger partial charge in [0.25, 0.3) is 0 Å². The Hall–Kier alpha value is -2.67. The van der Waals surface area contributed by atoms with Gasteiger partial charge in [0.05, 0.1) is 0 Å². The van der Waals surface area contributed by atoms with Crippen LogP contribution in [0.4, 0.5) is 10.3 Å². The second-order valence-electron chi connectivity index (χ2n) is 5.11. The summed E-state index contributed by atoms with van der Waals surface area (Å²) in [5, 5.41) is 4.74. The molecule has 2 N–H and O–H groups in total. The van der Waals surface area contributed by atoms with Gasteiger partial charge in [-0.2, -0.15) is 4.98 Å². The molecule has 1 heterocycles. The number of ketones is 1. The summed E-state index contributed by atoms with van der Waals surface area (Å²) in [6, 6.07) is 15.2. The molecule has 5 nitrogen and oxygen atoms in total. The van der Waals surface area contributed by atoms with E-state index in [0.29, 0.717) is 16.5 Å². The lowest BCUT2D eigenvalue weighted by Gasteiger charge is -2.02. The van der Waals surface area contributed by atoms with Gasteiger partial charge in [0.2, 0.25) is 11.1 Å². The largest absolute Gasteiger partial charge is 0.368 e. The molecule has 0 aliphatic rings. The van der Waals surface area contributed by atoms with Crippen molar-refractivity contribution in [3.8, 4) is 0 Å². The molecular weight excluding hydrogens is 327 g/mol. The van der Waals surface area contributed by atoms with Crippen molar-refractivity contribution in [3.63, 3.8) is 0 Å². The number of rotatable bonds is 6. The van der Waals surface area contributed by atoms with E-state index in [4.69, 9.17) is 5.73 Å². The minimum Gasteiger partial charge on any atom is -0.368 e. The molecule has 1 aromatic heterocycles. The van der Waals surface area contributed by atoms with Crippen molar-refractivity contribution in [2.24, 2.45) is 0 Å². The highest BCUT2D eigenvalue weighted by atomic mass is 32.2. The van der Waals surface area contributed by atoms with Crippen LogP contribution < -0.4 is 5.73 Å². The predicted octanol–water partition coefficient (Wildman–Crippen LogP) is 3.17. The molecule has 0 radical (unpaired) electrons. The fourth-order valence-corrected chi connectivity index (χ4v) is 2.89. The summed E-state index contributed by atoms with van der Waals surface area (Å²) >= 11 is 1.38. The Morgan fingerprint density at radius 3 is 2.54 bits per heavy atom. The van der Waals surface area contributed by atoms with Gasteiger partial charge >= 0.3 is 0 Å². The summed E-state index contributed by atoms with van der Waals surface area (Å²) in [5.74, 6) is 0.439. The first-order chi connectivity index (χ1) is 11.6. The van der Waals surface area contributed by atoms with Crippen LogP contribution in [0.3, 0.4) is 0 Å². The number of carbonyl (C=O) groups excluding carboxylic acids is 1. The van der Waals surface area contributed by atoms with Gasteiger partial charge in [-0.25, -0.2) is 9.07 Å². The SMILES string of the molecule is Nc1nc(SCc2ccc(F)cc2)nn1CC(=O)c1ccccc1. The number of carbonyl (C=O) groups is 1. The second kappa shape index (κ2) is 7.27. The quantitative estimate of drug-likeness (QED) is 0.550. The summed E-state index contributed by atoms with van der Waals surface area (Å²) in [6.07, 6.45) is 0. The molecule has 24 heavy (non-hydrogen) atoms. The zero-order chi connectivity index (χ0) is 16.9. The van der Waals surface area contributed by atoms with Crippen molar-refractivity contribution in [2.45, 2.75) is 17.5 Å². The van der Waals surface area contributed by atoms with E-state index in [9.17, 15) is 9.18 Å². The van der Waals surface area contributed by atoms with Crippen LogP contribution in [0.1, 0.15) is 15.9 Å². The molecule has 122 valence electrons. The number of hydrogen-bond acceptors (Lipinski definition) is 5. The normalized spacial score (nSPS) is 10.7. The van der Waals surface area contributed by atoms with Crippen LogP contribution in [0.5, 0.6) is 0 Å². The first kappa shape index (κ1) is 16.2. The minimum absolute atomic E-state index is 0.0416. The molecule has 0 atom stereocenters. The van der Waals surface area contributed by atoms with E-state index >= 15 is 0 Å². The highest BCUT2D eigenvalue weighted by Gasteiger charge is 2.12. The first-order valence-corrected chi connectivity index (χ1v) is 8.26. The van der Waals surface area contributed by atoms with Crippen molar-refractivity contribution in [2.75, 3.05) is 5.73 Å². The van der Waals surface area contributed by atoms with E-state index in [1.54, 1.807) is 24.3 Å². The van der Waals surface area contributed by atoms with Crippen LogP contribution >= 0.6 is 11.8 Å². The average Bonchev–Trinajstić information content (AvgIpc) is 2.95. The van der Waals surface area contributed by atoms with Crippen LogP contribution in [0.2, 0.25) is 0 Å². The fourth-order valence-electron chi connectivity index (χ4n) is 2.09. The molecule has 2 aromatic carbocycles. The Kier molecular flexibility index (Phi) is 4.90. The van der Waals surface area contributed by atoms with Crippen LogP contribution in [0, 0.1) is 5.82 Å². The highest BCUT2D eigenvalue weighted by molar-refractivity contribution is 7.98. The molecule has 0 spiro atoms. The van der Waals surface area contributed by atoms with E-state index in [1.807, 2.05) is 18.2 Å². The second-order valence-corrected chi connectivity index (χ2v) is 6.06. The topological polar surface area (TPSA) is 73.8 Å². The maximum atomic E-state index is 12.9. The van der Waals surface area contributed by atoms with E-state index in [1.165, 1.54) is 28.6 Å². The highest BCUT2D eigenvalue weighted by Crippen LogP contribution is 2.21. The summed E-state index contributed by atoms with van der Waals surface area (Å²) in [6.45, 7) is 0.0416. The summed E-state index contributed by atoms with van der Waals surface area (Å²) in [5.41, 5.74) is 7.39. The molecule has 0 saturated carbocycles. The number of benzene rings is 2. The van der Waals surface area contributed by atoms with E-state index in [0.717, 1.165) is 5.56 Å². The lowest BCUT2D eigenvalue weighted by molar-refractivity contribution is 0.0968. The number of nitrogens with two attached hydrogens (primary N) is 1. The van der Waals surface area contributed by atoms with Gasteiger partial charge in [0.15, 0.2) is 5.78 Å². The van der Waals surface area contributed by atoms with Gasteiger partial charge in [-0.05, 0) is 17.7 Å². The average molecular weight is 342 g/mol. The molecule has 0 amide bonds. The van der Waals surface area contributed by atoms with Gasteiger partial charge in [0.1, 0.15) is 12.4 Å². The monoisotopic (exact) mass is 342 g/mol. The lowest BCUT2D eigenvalue weighted by atomic mass is 10.1. The zero-order valence-electron chi connectivity index (χ0n) is 12.7. The molecule has 3 rings (SSSR count). The van der Waals surface area contributed by atoms with Gasteiger partial charge in [-0.3, -0.25) is 4.79 Å². The first-order valence-electron chi connectivity index (χ1n) is 7.27. The summed E-state index contributed by atoms with van der Waals surface area (Å²) < 4.78 is 14.3. The zero-order valence-corrected chi connectivity index (χ0v) is 13.5. The molecule has 0 bridgehead atoms. The van der Waals surface area contributed by atoms with Crippen LogP contribution in [-0.2, 0) is 12.3 Å². The standard InChI is InChI=1S/C17H15FN4OS/c18-14-8-6-12(7-9-14)11-24-17-20-16(19)22(21-17)10-15(23)13-4-2-1-3-5-13/h1-9H,10-11H2,(H2,19,20,21). The Morgan fingerprint density at radius 1 is 1.12 bits per heavy atom. The van der Waals surface area contributed by atoms with Crippen molar-refractivity contribution in [1.29, 1.82) is 0 Å². The van der Waals surface area contributed by atoms with Gasteiger partial charge in [-0.1, -0.05) is 54.2 Å². The third kappa shape index (κ3) is 3.99. The Bertz CT molecular complexity index is 834. The third-order valence-corrected chi connectivity index (χ3v) is 4.26.